The largest absolute Gasteiger partial charge is 0.478 e. The van der Waals surface area contributed by atoms with Gasteiger partial charge in [0.25, 0.3) is 0 Å². The first-order valence-electron chi connectivity index (χ1n) is 7.74. The van der Waals surface area contributed by atoms with Gasteiger partial charge in [0.1, 0.15) is 5.66 Å². The first-order valence-corrected chi connectivity index (χ1v) is 7.74. The highest BCUT2D eigenvalue weighted by atomic mass is 35.5. The van der Waals surface area contributed by atoms with Gasteiger partial charge < -0.3 is 26.3 Å². The van der Waals surface area contributed by atoms with Gasteiger partial charge in [-0.15, -0.1) is 24.8 Å². The Morgan fingerprint density at radius 1 is 1.32 bits per heavy atom. The molecule has 0 amide bonds. The molecule has 1 unspecified atom stereocenters. The van der Waals surface area contributed by atoms with Crippen molar-refractivity contribution in [3.63, 3.8) is 0 Å². The average molecular weight is 393 g/mol. The summed E-state index contributed by atoms with van der Waals surface area (Å²) in [7, 11) is 0. The molecule has 0 aliphatic carbocycles. The molecule has 0 aromatic heterocycles. The van der Waals surface area contributed by atoms with Gasteiger partial charge >= 0.3 is 5.97 Å². The van der Waals surface area contributed by atoms with Crippen molar-refractivity contribution in [3.05, 3.63) is 29.8 Å². The van der Waals surface area contributed by atoms with E-state index in [4.69, 9.17) is 21.0 Å². The number of benzene rings is 1. The number of morpholine rings is 1. The average Bonchev–Trinajstić information content (AvgIpc) is 2.56. The topological polar surface area (TPSA) is 112 Å². The molecule has 1 fully saturated rings. The fourth-order valence-electron chi connectivity index (χ4n) is 2.56. The van der Waals surface area contributed by atoms with Crippen LogP contribution in [0.15, 0.2) is 24.3 Å². The predicted molar refractivity (Wildman–Crippen MR) is 104 cm³/mol. The maximum Gasteiger partial charge on any atom is 0.335 e. The number of nitrogens with zero attached hydrogens (tertiary/aromatic N) is 1. The highest BCUT2D eigenvalue weighted by Gasteiger charge is 2.22. The Labute approximate surface area is 160 Å². The monoisotopic (exact) mass is 392 g/mol. The Morgan fingerprint density at radius 2 is 1.92 bits per heavy atom. The second-order valence-electron chi connectivity index (χ2n) is 5.75. The molecule has 7 nitrogen and oxygen atoms in total. The Bertz CT molecular complexity index is 539. The van der Waals surface area contributed by atoms with Crippen LogP contribution < -0.4 is 11.1 Å². The summed E-state index contributed by atoms with van der Waals surface area (Å²) in [4.78, 5) is 13.2. The number of nitrogens with one attached hydrogen (secondary N) is 2. The van der Waals surface area contributed by atoms with E-state index in [1.54, 1.807) is 12.1 Å². The Kier molecular flexibility index (Phi) is 10.7. The molecule has 1 aliphatic rings. The van der Waals surface area contributed by atoms with Crippen molar-refractivity contribution in [1.29, 1.82) is 5.41 Å². The van der Waals surface area contributed by atoms with Crippen molar-refractivity contribution in [1.82, 2.24) is 4.90 Å². The zero-order valence-corrected chi connectivity index (χ0v) is 15.6. The van der Waals surface area contributed by atoms with Crippen LogP contribution in [0.3, 0.4) is 0 Å². The lowest BCUT2D eigenvalue weighted by atomic mass is 10.0. The molecule has 5 N–H and O–H groups in total. The number of carbonyl (C=O) groups is 1. The maximum atomic E-state index is 10.9. The predicted octanol–water partition coefficient (Wildman–Crippen LogP) is 2.06. The zero-order chi connectivity index (χ0) is 16.7. The Balaban J connectivity index is 0.00000288. The molecule has 142 valence electrons. The minimum absolute atomic E-state index is 0. The van der Waals surface area contributed by atoms with Crippen molar-refractivity contribution in [3.8, 4) is 0 Å². The summed E-state index contributed by atoms with van der Waals surface area (Å²) < 4.78 is 5.32. The van der Waals surface area contributed by atoms with Gasteiger partial charge in [0.15, 0.2) is 0 Å². The van der Waals surface area contributed by atoms with Gasteiger partial charge in [-0.1, -0.05) is 0 Å². The number of ether oxygens (including phenoxy) is 1. The lowest BCUT2D eigenvalue weighted by Crippen LogP contribution is -2.49. The smallest absolute Gasteiger partial charge is 0.335 e. The van der Waals surface area contributed by atoms with Crippen molar-refractivity contribution in [2.45, 2.75) is 18.5 Å². The fourth-order valence-corrected chi connectivity index (χ4v) is 2.56. The molecule has 0 saturated carbocycles. The van der Waals surface area contributed by atoms with Crippen molar-refractivity contribution in [2.75, 3.05) is 38.2 Å². The molecule has 1 heterocycles. The molecule has 1 saturated heterocycles. The molecule has 0 radical (unpaired) electrons. The summed E-state index contributed by atoms with van der Waals surface area (Å²) in [6, 6.07) is 6.36. The Hall–Kier alpha value is -1.38. The van der Waals surface area contributed by atoms with Crippen LogP contribution in [-0.2, 0) is 4.74 Å². The van der Waals surface area contributed by atoms with Gasteiger partial charge in [0.05, 0.1) is 18.8 Å². The van der Waals surface area contributed by atoms with Crippen LogP contribution in [0.5, 0.6) is 0 Å². The van der Waals surface area contributed by atoms with Gasteiger partial charge in [-0.25, -0.2) is 4.79 Å². The molecule has 1 aromatic rings. The molecule has 25 heavy (non-hydrogen) atoms. The number of rotatable bonds is 8. The van der Waals surface area contributed by atoms with E-state index >= 15 is 0 Å². The molecule has 0 bridgehead atoms. The first-order chi connectivity index (χ1) is 11.0. The number of carboxylic acids is 1. The second-order valence-corrected chi connectivity index (χ2v) is 5.75. The summed E-state index contributed by atoms with van der Waals surface area (Å²) in [6.07, 6.45) is 2.69. The lowest BCUT2D eigenvalue weighted by Gasteiger charge is -2.30. The van der Waals surface area contributed by atoms with Gasteiger partial charge in [0.2, 0.25) is 0 Å². The lowest BCUT2D eigenvalue weighted by molar-refractivity contribution is 0.0369. The number of anilines is 1. The van der Waals surface area contributed by atoms with E-state index in [0.29, 0.717) is 12.1 Å². The third-order valence-electron chi connectivity index (χ3n) is 3.93. The van der Waals surface area contributed by atoms with Crippen LogP contribution in [0.1, 0.15) is 23.2 Å². The van der Waals surface area contributed by atoms with Crippen molar-refractivity contribution < 1.29 is 14.6 Å². The summed E-state index contributed by atoms with van der Waals surface area (Å²) in [6.45, 7) is 4.34. The number of nitrogens with two attached hydrogens (primary N) is 1. The number of hydrogen-bond acceptors (Lipinski definition) is 6. The quantitative estimate of drug-likeness (QED) is 0.397. The van der Waals surface area contributed by atoms with Crippen LogP contribution in [0, 0.1) is 5.41 Å². The van der Waals surface area contributed by atoms with E-state index in [0.717, 1.165) is 39.3 Å². The fraction of sp³-hybridized carbons (Fsp3) is 0.500. The van der Waals surface area contributed by atoms with E-state index in [1.165, 1.54) is 18.3 Å². The number of carboxylic acid groups (broad SMARTS) is 1. The molecule has 1 aliphatic heterocycles. The van der Waals surface area contributed by atoms with E-state index < -0.39 is 11.6 Å². The summed E-state index contributed by atoms with van der Waals surface area (Å²) >= 11 is 0. The third-order valence-corrected chi connectivity index (χ3v) is 3.93. The third kappa shape index (κ3) is 7.58. The van der Waals surface area contributed by atoms with Gasteiger partial charge in [-0.05, 0) is 43.7 Å². The molecular weight excluding hydrogens is 367 g/mol. The van der Waals surface area contributed by atoms with Gasteiger partial charge in [-0.3, -0.25) is 4.90 Å². The van der Waals surface area contributed by atoms with E-state index in [2.05, 4.69) is 10.2 Å². The van der Waals surface area contributed by atoms with Crippen LogP contribution >= 0.6 is 24.8 Å². The number of aromatic carboxylic acids is 1. The van der Waals surface area contributed by atoms with Crippen molar-refractivity contribution in [2.24, 2.45) is 5.73 Å². The standard InChI is InChI=1S/C16H24N4O3.2ClH/c17-12-16(18,6-1-7-20-8-10-23-11-9-20)19-14-4-2-13(3-5-14)15(21)22;;/h2-5,12,17,19H,1,6-11,18H2,(H,21,22);2*1H. The van der Waals surface area contributed by atoms with Crippen LogP contribution in [0.4, 0.5) is 5.69 Å². The van der Waals surface area contributed by atoms with E-state index in [1.807, 2.05) is 0 Å². The molecule has 2 rings (SSSR count). The second kappa shape index (κ2) is 11.3. The molecular formula is C16H26Cl2N4O3. The SMILES string of the molecule is Cl.Cl.N=CC(N)(CCCN1CCOCC1)Nc1ccc(C(=O)O)cc1. The van der Waals surface area contributed by atoms with E-state index in [9.17, 15) is 4.79 Å². The highest BCUT2D eigenvalue weighted by molar-refractivity contribution is 5.88. The minimum atomic E-state index is -0.965. The summed E-state index contributed by atoms with van der Waals surface area (Å²) in [5, 5.41) is 19.6. The van der Waals surface area contributed by atoms with Gasteiger partial charge in [0, 0.05) is 25.0 Å². The van der Waals surface area contributed by atoms with Crippen LogP contribution in [-0.4, -0.2) is 60.7 Å². The molecule has 0 spiro atoms. The highest BCUT2D eigenvalue weighted by Crippen LogP contribution is 2.16. The summed E-state index contributed by atoms with van der Waals surface area (Å²) in [5.74, 6) is -0.965. The van der Waals surface area contributed by atoms with Gasteiger partial charge in [-0.2, -0.15) is 0 Å². The number of hydrogen-bond donors (Lipinski definition) is 4. The maximum absolute atomic E-state index is 10.9. The Morgan fingerprint density at radius 3 is 2.44 bits per heavy atom. The molecule has 1 aromatic carbocycles. The van der Waals surface area contributed by atoms with Crippen LogP contribution in [0.2, 0.25) is 0 Å². The minimum Gasteiger partial charge on any atom is -0.478 e. The molecule has 9 heteroatoms. The zero-order valence-electron chi connectivity index (χ0n) is 13.9. The molecule has 1 atom stereocenters. The first kappa shape index (κ1) is 23.6. The van der Waals surface area contributed by atoms with Crippen LogP contribution in [0.25, 0.3) is 0 Å². The number of halogens is 2. The van der Waals surface area contributed by atoms with E-state index in [-0.39, 0.29) is 30.4 Å². The van der Waals surface area contributed by atoms with Crippen molar-refractivity contribution >= 4 is 42.7 Å². The normalized spacial score (nSPS) is 16.7. The summed E-state index contributed by atoms with van der Waals surface area (Å²) in [5.41, 5.74) is 6.22.